The number of thioether (sulfide) groups is 1. The Balaban J connectivity index is 2.09. The zero-order valence-corrected chi connectivity index (χ0v) is 12.5. The maximum Gasteiger partial charge on any atom is 0.240 e. The van der Waals surface area contributed by atoms with Gasteiger partial charge in [0.25, 0.3) is 0 Å². The van der Waals surface area contributed by atoms with Crippen molar-refractivity contribution in [1.29, 1.82) is 0 Å². The third kappa shape index (κ3) is 3.82. The number of nitrogens with zero attached hydrogens (tertiary/aromatic N) is 4. The van der Waals surface area contributed by atoms with Gasteiger partial charge in [-0.3, -0.25) is 4.79 Å². The SMILES string of the molecule is C[C@@H](Sc1nc(N)nc(N)n1)C(=O)N(C)c1ccccc1. The Morgan fingerprint density at radius 2 is 1.71 bits per heavy atom. The summed E-state index contributed by atoms with van der Waals surface area (Å²) in [6.07, 6.45) is 0. The lowest BCUT2D eigenvalue weighted by Gasteiger charge is -2.20. The number of hydrogen-bond donors (Lipinski definition) is 2. The molecule has 2 rings (SSSR count). The minimum Gasteiger partial charge on any atom is -0.368 e. The molecule has 7 nitrogen and oxygen atoms in total. The molecule has 0 aliphatic rings. The average Bonchev–Trinajstić information content (AvgIpc) is 2.45. The number of rotatable bonds is 4. The molecule has 0 aliphatic carbocycles. The number of carbonyl (C=O) groups excluding carboxylic acids is 1. The van der Waals surface area contributed by atoms with E-state index in [2.05, 4.69) is 15.0 Å². The van der Waals surface area contributed by atoms with Crippen LogP contribution in [0.25, 0.3) is 0 Å². The van der Waals surface area contributed by atoms with E-state index in [1.165, 1.54) is 11.8 Å². The van der Waals surface area contributed by atoms with Crippen molar-refractivity contribution in [3.63, 3.8) is 0 Å². The Bertz CT molecular complexity index is 616. The second-order valence-electron chi connectivity index (χ2n) is 4.33. The van der Waals surface area contributed by atoms with Gasteiger partial charge in [-0.15, -0.1) is 0 Å². The lowest BCUT2D eigenvalue weighted by atomic mass is 10.3. The minimum atomic E-state index is -0.378. The van der Waals surface area contributed by atoms with Crippen LogP contribution in [0.15, 0.2) is 35.5 Å². The number of amides is 1. The topological polar surface area (TPSA) is 111 Å². The van der Waals surface area contributed by atoms with Crippen molar-refractivity contribution in [2.24, 2.45) is 0 Å². The highest BCUT2D eigenvalue weighted by Gasteiger charge is 2.21. The van der Waals surface area contributed by atoms with E-state index in [0.29, 0.717) is 5.16 Å². The van der Waals surface area contributed by atoms with E-state index < -0.39 is 0 Å². The second-order valence-corrected chi connectivity index (χ2v) is 5.64. The van der Waals surface area contributed by atoms with Crippen molar-refractivity contribution in [3.8, 4) is 0 Å². The highest BCUT2D eigenvalue weighted by atomic mass is 32.2. The van der Waals surface area contributed by atoms with Gasteiger partial charge in [-0.1, -0.05) is 30.0 Å². The molecular formula is C13H16N6OS. The van der Waals surface area contributed by atoms with Gasteiger partial charge in [-0.2, -0.15) is 15.0 Å². The molecule has 21 heavy (non-hydrogen) atoms. The van der Waals surface area contributed by atoms with E-state index >= 15 is 0 Å². The highest BCUT2D eigenvalue weighted by Crippen LogP contribution is 2.23. The lowest BCUT2D eigenvalue weighted by Crippen LogP contribution is -2.33. The summed E-state index contributed by atoms with van der Waals surface area (Å²) < 4.78 is 0. The summed E-state index contributed by atoms with van der Waals surface area (Å²) in [4.78, 5) is 25.6. The number of hydrogen-bond acceptors (Lipinski definition) is 7. The Kier molecular flexibility index (Phi) is 4.59. The number of nitrogens with two attached hydrogens (primary N) is 2. The van der Waals surface area contributed by atoms with Crippen LogP contribution in [0.1, 0.15) is 6.92 Å². The summed E-state index contributed by atoms with van der Waals surface area (Å²) in [5.74, 6) is 0.0193. The molecule has 0 unspecified atom stereocenters. The van der Waals surface area contributed by atoms with Crippen LogP contribution < -0.4 is 16.4 Å². The summed E-state index contributed by atoms with van der Waals surface area (Å²) in [6.45, 7) is 1.78. The lowest BCUT2D eigenvalue weighted by molar-refractivity contribution is -0.117. The van der Waals surface area contributed by atoms with Gasteiger partial charge in [0, 0.05) is 12.7 Å². The van der Waals surface area contributed by atoms with Crippen molar-refractivity contribution in [2.45, 2.75) is 17.3 Å². The van der Waals surface area contributed by atoms with E-state index in [9.17, 15) is 4.79 Å². The van der Waals surface area contributed by atoms with Crippen LogP contribution in [0.2, 0.25) is 0 Å². The fourth-order valence-corrected chi connectivity index (χ4v) is 2.57. The molecule has 0 spiro atoms. The van der Waals surface area contributed by atoms with E-state index in [4.69, 9.17) is 11.5 Å². The zero-order valence-electron chi connectivity index (χ0n) is 11.7. The summed E-state index contributed by atoms with van der Waals surface area (Å²) in [5.41, 5.74) is 11.8. The van der Waals surface area contributed by atoms with Crippen LogP contribution in [0.3, 0.4) is 0 Å². The molecule has 0 fully saturated rings. The number of anilines is 3. The standard InChI is InChI=1S/C13H16N6OS/c1-8(21-13-17-11(14)16-12(15)18-13)10(20)19(2)9-6-4-3-5-7-9/h3-8H,1-2H3,(H4,14,15,16,17,18)/t8-/m1/s1. The zero-order chi connectivity index (χ0) is 15.4. The number of carbonyl (C=O) groups is 1. The van der Waals surface area contributed by atoms with Crippen LogP contribution >= 0.6 is 11.8 Å². The van der Waals surface area contributed by atoms with Crippen LogP contribution in [0.4, 0.5) is 17.6 Å². The molecule has 4 N–H and O–H groups in total. The third-order valence-corrected chi connectivity index (χ3v) is 3.70. The maximum atomic E-state index is 12.4. The number of aromatic nitrogens is 3. The molecule has 1 aromatic carbocycles. The van der Waals surface area contributed by atoms with Gasteiger partial charge in [0.2, 0.25) is 17.8 Å². The molecule has 1 heterocycles. The quantitative estimate of drug-likeness (QED) is 0.816. The van der Waals surface area contributed by atoms with E-state index in [-0.39, 0.29) is 23.1 Å². The monoisotopic (exact) mass is 304 g/mol. The van der Waals surface area contributed by atoms with Crippen LogP contribution in [-0.2, 0) is 4.79 Å². The number of benzene rings is 1. The Morgan fingerprint density at radius 1 is 1.14 bits per heavy atom. The van der Waals surface area contributed by atoms with Gasteiger partial charge in [0.05, 0.1) is 5.25 Å². The molecule has 0 bridgehead atoms. The van der Waals surface area contributed by atoms with Crippen molar-refractivity contribution < 1.29 is 4.79 Å². The molecule has 0 saturated carbocycles. The molecule has 0 aliphatic heterocycles. The molecule has 110 valence electrons. The van der Waals surface area contributed by atoms with Gasteiger partial charge < -0.3 is 16.4 Å². The molecule has 8 heteroatoms. The van der Waals surface area contributed by atoms with Crippen molar-refractivity contribution >= 4 is 35.3 Å². The first-order valence-corrected chi connectivity index (χ1v) is 7.11. The number of nitrogen functional groups attached to an aromatic ring is 2. The maximum absolute atomic E-state index is 12.4. The Morgan fingerprint density at radius 3 is 2.29 bits per heavy atom. The highest BCUT2D eigenvalue weighted by molar-refractivity contribution is 8.00. The van der Waals surface area contributed by atoms with Crippen molar-refractivity contribution in [1.82, 2.24) is 15.0 Å². The van der Waals surface area contributed by atoms with Crippen molar-refractivity contribution in [3.05, 3.63) is 30.3 Å². The molecule has 2 aromatic rings. The predicted octanol–water partition coefficient (Wildman–Crippen LogP) is 1.18. The fraction of sp³-hybridized carbons (Fsp3) is 0.231. The fourth-order valence-electron chi connectivity index (χ4n) is 1.70. The van der Waals surface area contributed by atoms with Crippen LogP contribution in [0, 0.1) is 0 Å². The first kappa shape index (κ1) is 15.0. The molecule has 1 amide bonds. The average molecular weight is 304 g/mol. The van der Waals surface area contributed by atoms with E-state index in [1.807, 2.05) is 30.3 Å². The third-order valence-electron chi connectivity index (χ3n) is 2.75. The van der Waals surface area contributed by atoms with E-state index in [0.717, 1.165) is 5.69 Å². The van der Waals surface area contributed by atoms with Crippen LogP contribution in [0.5, 0.6) is 0 Å². The molecular weight excluding hydrogens is 288 g/mol. The summed E-state index contributed by atoms with van der Waals surface area (Å²) in [5, 5.41) is -0.0429. The smallest absolute Gasteiger partial charge is 0.240 e. The first-order chi connectivity index (χ1) is 9.97. The molecule has 0 saturated heterocycles. The second kappa shape index (κ2) is 6.40. The van der Waals surface area contributed by atoms with Gasteiger partial charge >= 0.3 is 0 Å². The number of para-hydroxylation sites is 1. The Hall–Kier alpha value is -2.35. The first-order valence-electron chi connectivity index (χ1n) is 6.23. The molecule has 1 atom stereocenters. The summed E-state index contributed by atoms with van der Waals surface area (Å²) in [6, 6.07) is 9.40. The van der Waals surface area contributed by atoms with Gasteiger partial charge in [0.15, 0.2) is 5.16 Å². The largest absolute Gasteiger partial charge is 0.368 e. The molecule has 0 radical (unpaired) electrons. The van der Waals surface area contributed by atoms with Gasteiger partial charge in [-0.05, 0) is 19.1 Å². The minimum absolute atomic E-state index is 0.0427. The normalized spacial score (nSPS) is 11.9. The Labute approximate surface area is 126 Å². The van der Waals surface area contributed by atoms with Gasteiger partial charge in [0.1, 0.15) is 0 Å². The predicted molar refractivity (Wildman–Crippen MR) is 83.8 cm³/mol. The summed E-state index contributed by atoms with van der Waals surface area (Å²) >= 11 is 1.19. The van der Waals surface area contributed by atoms with Gasteiger partial charge in [-0.25, -0.2) is 0 Å². The summed E-state index contributed by atoms with van der Waals surface area (Å²) in [7, 11) is 1.73. The van der Waals surface area contributed by atoms with Crippen molar-refractivity contribution in [2.75, 3.05) is 23.4 Å². The molecule has 1 aromatic heterocycles. The van der Waals surface area contributed by atoms with E-state index in [1.54, 1.807) is 18.9 Å². The van der Waals surface area contributed by atoms with Crippen LogP contribution in [-0.4, -0.2) is 33.2 Å².